The number of amides is 1. The molecule has 0 fully saturated rings. The SMILES string of the molecule is Cc1cccc2cc(C3c4nc[nH]c4CCN3C(=O)c3oc(C(C)(C)O)nc3C(F)F)nn12. The zero-order chi connectivity index (χ0) is 23.5. The van der Waals surface area contributed by atoms with Gasteiger partial charge in [-0.15, -0.1) is 0 Å². The Kier molecular flexibility index (Phi) is 4.82. The van der Waals surface area contributed by atoms with E-state index in [0.717, 1.165) is 16.9 Å². The molecule has 0 spiro atoms. The molecule has 172 valence electrons. The molecule has 0 saturated heterocycles. The number of rotatable bonds is 4. The van der Waals surface area contributed by atoms with Gasteiger partial charge in [0.25, 0.3) is 12.3 Å². The van der Waals surface area contributed by atoms with Crippen LogP contribution >= 0.6 is 0 Å². The molecule has 0 bridgehead atoms. The predicted octanol–water partition coefficient (Wildman–Crippen LogP) is 3.31. The molecule has 1 atom stereocenters. The number of fused-ring (bicyclic) bond motifs is 2. The van der Waals surface area contributed by atoms with Gasteiger partial charge in [-0.3, -0.25) is 4.79 Å². The quantitative estimate of drug-likeness (QED) is 0.487. The molecule has 1 aliphatic heterocycles. The smallest absolute Gasteiger partial charge is 0.292 e. The molecule has 1 aliphatic rings. The lowest BCUT2D eigenvalue weighted by Gasteiger charge is -2.33. The van der Waals surface area contributed by atoms with Crippen LogP contribution in [0, 0.1) is 6.92 Å². The number of carbonyl (C=O) groups is 1. The average Bonchev–Trinajstić information content (AvgIpc) is 3.49. The number of H-pyrrole nitrogens is 1. The zero-order valence-corrected chi connectivity index (χ0v) is 18.2. The van der Waals surface area contributed by atoms with Gasteiger partial charge in [-0.05, 0) is 39.0 Å². The number of hydrogen-bond donors (Lipinski definition) is 2. The Labute approximate surface area is 187 Å². The van der Waals surface area contributed by atoms with Crippen molar-refractivity contribution >= 4 is 11.4 Å². The molecule has 0 aromatic carbocycles. The van der Waals surface area contributed by atoms with Gasteiger partial charge in [-0.1, -0.05) is 6.07 Å². The van der Waals surface area contributed by atoms with Gasteiger partial charge in [0, 0.05) is 24.4 Å². The first-order valence-corrected chi connectivity index (χ1v) is 10.4. The zero-order valence-electron chi connectivity index (χ0n) is 18.2. The van der Waals surface area contributed by atoms with Crippen LogP contribution in [0.15, 0.2) is 35.0 Å². The summed E-state index contributed by atoms with van der Waals surface area (Å²) in [5, 5.41) is 14.9. The van der Waals surface area contributed by atoms with Gasteiger partial charge in [0.15, 0.2) is 5.69 Å². The molecule has 11 heteroatoms. The van der Waals surface area contributed by atoms with Crippen molar-refractivity contribution in [3.8, 4) is 0 Å². The number of halogens is 2. The van der Waals surface area contributed by atoms with Crippen LogP contribution in [0.5, 0.6) is 0 Å². The van der Waals surface area contributed by atoms with E-state index in [-0.39, 0.29) is 12.4 Å². The highest BCUT2D eigenvalue weighted by Crippen LogP contribution is 2.36. The monoisotopic (exact) mass is 456 g/mol. The third-order valence-corrected chi connectivity index (χ3v) is 5.74. The standard InChI is InChI=1S/C22H22F2N6O3/c1-11-5-4-6-12-9-14(28-30(11)12)17-15-13(25-10-26-15)7-8-29(17)20(31)18-16(19(23)24)27-21(33-18)22(2,3)32/h4-6,9-10,17,19,32H,7-8H2,1-3H3,(H,25,26). The van der Waals surface area contributed by atoms with E-state index in [9.17, 15) is 18.7 Å². The molecule has 9 nitrogen and oxygen atoms in total. The number of aliphatic hydroxyl groups is 1. The van der Waals surface area contributed by atoms with Crippen LogP contribution in [0.1, 0.15) is 71.2 Å². The summed E-state index contributed by atoms with van der Waals surface area (Å²) >= 11 is 0. The fourth-order valence-corrected chi connectivity index (χ4v) is 4.13. The van der Waals surface area contributed by atoms with Gasteiger partial charge in [0.05, 0.1) is 23.2 Å². The number of carbonyl (C=O) groups excluding carboxylic acids is 1. The van der Waals surface area contributed by atoms with E-state index in [2.05, 4.69) is 20.1 Å². The molecule has 0 aliphatic carbocycles. The summed E-state index contributed by atoms with van der Waals surface area (Å²) in [6.07, 6.45) is -1.05. The lowest BCUT2D eigenvalue weighted by atomic mass is 9.99. The molecule has 2 N–H and O–H groups in total. The lowest BCUT2D eigenvalue weighted by molar-refractivity contribution is 0.0440. The molecule has 33 heavy (non-hydrogen) atoms. The van der Waals surface area contributed by atoms with Crippen molar-refractivity contribution in [1.82, 2.24) is 29.5 Å². The van der Waals surface area contributed by atoms with E-state index < -0.39 is 35.4 Å². The number of hydrogen-bond acceptors (Lipinski definition) is 6. The maximum atomic E-state index is 13.7. The van der Waals surface area contributed by atoms with Crippen molar-refractivity contribution in [2.24, 2.45) is 0 Å². The maximum Gasteiger partial charge on any atom is 0.292 e. The summed E-state index contributed by atoms with van der Waals surface area (Å²) < 4.78 is 34.6. The number of alkyl halides is 2. The topological polar surface area (TPSA) is 113 Å². The second-order valence-corrected chi connectivity index (χ2v) is 8.58. The molecule has 0 radical (unpaired) electrons. The molecule has 4 aromatic rings. The summed E-state index contributed by atoms with van der Waals surface area (Å²) in [7, 11) is 0. The Morgan fingerprint density at radius 3 is 2.85 bits per heavy atom. The van der Waals surface area contributed by atoms with Crippen molar-refractivity contribution < 1.29 is 23.1 Å². The number of aromatic amines is 1. The average molecular weight is 456 g/mol. The number of imidazole rings is 1. The molecule has 5 heterocycles. The highest BCUT2D eigenvalue weighted by atomic mass is 19.3. The molecular formula is C22H22F2N6O3. The second kappa shape index (κ2) is 7.48. The second-order valence-electron chi connectivity index (χ2n) is 8.58. The molecule has 0 saturated carbocycles. The predicted molar refractivity (Wildman–Crippen MR) is 112 cm³/mol. The number of aromatic nitrogens is 5. The van der Waals surface area contributed by atoms with Crippen molar-refractivity contribution in [2.45, 2.75) is 45.3 Å². The Morgan fingerprint density at radius 1 is 1.36 bits per heavy atom. The maximum absolute atomic E-state index is 13.7. The Morgan fingerprint density at radius 2 is 2.15 bits per heavy atom. The van der Waals surface area contributed by atoms with Gasteiger partial charge >= 0.3 is 0 Å². The fourth-order valence-electron chi connectivity index (χ4n) is 4.13. The number of pyridine rings is 1. The first-order valence-electron chi connectivity index (χ1n) is 10.4. The van der Waals surface area contributed by atoms with Crippen LogP contribution in [-0.2, 0) is 12.0 Å². The summed E-state index contributed by atoms with van der Waals surface area (Å²) in [5.41, 5.74) is 1.30. The third kappa shape index (κ3) is 3.48. The highest BCUT2D eigenvalue weighted by molar-refractivity contribution is 5.93. The molecule has 1 amide bonds. The van der Waals surface area contributed by atoms with Gasteiger partial charge in [0.2, 0.25) is 11.7 Å². The largest absolute Gasteiger partial charge is 0.432 e. The minimum Gasteiger partial charge on any atom is -0.432 e. The van der Waals surface area contributed by atoms with E-state index in [4.69, 9.17) is 4.42 Å². The minimum absolute atomic E-state index is 0.229. The molecule has 4 aromatic heterocycles. The van der Waals surface area contributed by atoms with E-state index >= 15 is 0 Å². The lowest BCUT2D eigenvalue weighted by Crippen LogP contribution is -2.41. The summed E-state index contributed by atoms with van der Waals surface area (Å²) in [6.45, 7) is 4.84. The number of oxazole rings is 1. The fraction of sp³-hybridized carbons (Fsp3) is 0.364. The molecular weight excluding hydrogens is 434 g/mol. The van der Waals surface area contributed by atoms with Gasteiger partial charge in [-0.25, -0.2) is 23.3 Å². The number of nitrogens with one attached hydrogen (secondary N) is 1. The minimum atomic E-state index is -3.05. The van der Waals surface area contributed by atoms with E-state index in [1.165, 1.54) is 25.1 Å². The number of aryl methyl sites for hydroxylation is 1. The Balaban J connectivity index is 1.63. The van der Waals surface area contributed by atoms with E-state index in [1.54, 1.807) is 4.52 Å². The van der Waals surface area contributed by atoms with Gasteiger partial charge < -0.3 is 19.4 Å². The van der Waals surface area contributed by atoms with Crippen LogP contribution in [0.3, 0.4) is 0 Å². The first-order chi connectivity index (χ1) is 15.6. The Bertz CT molecular complexity index is 1350. The van der Waals surface area contributed by atoms with Gasteiger partial charge in [0.1, 0.15) is 11.6 Å². The first kappa shape index (κ1) is 21.3. The van der Waals surface area contributed by atoms with Gasteiger partial charge in [-0.2, -0.15) is 5.10 Å². The number of nitrogens with zero attached hydrogens (tertiary/aromatic N) is 5. The summed E-state index contributed by atoms with van der Waals surface area (Å²) in [6, 6.07) is 6.84. The molecule has 5 rings (SSSR count). The molecule has 1 unspecified atom stereocenters. The van der Waals surface area contributed by atoms with Crippen LogP contribution in [-0.4, -0.2) is 47.0 Å². The van der Waals surface area contributed by atoms with Crippen molar-refractivity contribution in [1.29, 1.82) is 0 Å². The van der Waals surface area contributed by atoms with Crippen molar-refractivity contribution in [2.75, 3.05) is 6.54 Å². The van der Waals surface area contributed by atoms with Crippen LogP contribution in [0.4, 0.5) is 8.78 Å². The third-order valence-electron chi connectivity index (χ3n) is 5.74. The van der Waals surface area contributed by atoms with Crippen molar-refractivity contribution in [3.05, 3.63) is 70.7 Å². The Hall–Kier alpha value is -3.60. The summed E-state index contributed by atoms with van der Waals surface area (Å²) in [4.78, 5) is 26.2. The summed E-state index contributed by atoms with van der Waals surface area (Å²) in [5.74, 6) is -1.70. The van der Waals surface area contributed by atoms with Crippen molar-refractivity contribution in [3.63, 3.8) is 0 Å². The van der Waals surface area contributed by atoms with Crippen LogP contribution in [0.25, 0.3) is 5.52 Å². The highest BCUT2D eigenvalue weighted by Gasteiger charge is 2.40. The van der Waals surface area contributed by atoms with E-state index in [1.807, 2.05) is 31.2 Å². The van der Waals surface area contributed by atoms with Crippen LogP contribution < -0.4 is 0 Å². The van der Waals surface area contributed by atoms with Crippen LogP contribution in [0.2, 0.25) is 0 Å². The normalized spacial score (nSPS) is 16.6. The van der Waals surface area contributed by atoms with E-state index in [0.29, 0.717) is 17.8 Å².